The van der Waals surface area contributed by atoms with Gasteiger partial charge in [-0.05, 0) is 30.5 Å². The van der Waals surface area contributed by atoms with E-state index < -0.39 is 5.97 Å². The third-order valence-corrected chi connectivity index (χ3v) is 3.58. The van der Waals surface area contributed by atoms with Crippen LogP contribution in [-0.4, -0.2) is 32.6 Å². The second-order valence-electron chi connectivity index (χ2n) is 5.02. The number of nitrogens with zero attached hydrogens (tertiary/aromatic N) is 4. The number of anilines is 1. The predicted octanol–water partition coefficient (Wildman–Crippen LogP) is 1.47. The Morgan fingerprint density at radius 1 is 1.45 bits per heavy atom. The average molecular weight is 272 g/mol. The molecule has 1 aromatic carbocycles. The molecule has 3 rings (SSSR count). The van der Waals surface area contributed by atoms with E-state index in [4.69, 9.17) is 0 Å². The van der Waals surface area contributed by atoms with Gasteiger partial charge in [0.2, 0.25) is 0 Å². The quantitative estimate of drug-likeness (QED) is 0.916. The van der Waals surface area contributed by atoms with E-state index in [0.717, 1.165) is 36.3 Å². The second kappa shape index (κ2) is 4.96. The van der Waals surface area contributed by atoms with Gasteiger partial charge in [-0.3, -0.25) is 4.68 Å². The summed E-state index contributed by atoms with van der Waals surface area (Å²) in [5.74, 6) is -0.858. The molecule has 1 aliphatic heterocycles. The molecule has 0 saturated heterocycles. The lowest BCUT2D eigenvalue weighted by molar-refractivity contribution is 0.0695. The Bertz CT molecular complexity index is 650. The van der Waals surface area contributed by atoms with Crippen LogP contribution < -0.4 is 4.90 Å². The molecule has 0 radical (unpaired) electrons. The molecule has 0 fully saturated rings. The van der Waals surface area contributed by atoms with Crippen LogP contribution >= 0.6 is 0 Å². The van der Waals surface area contributed by atoms with E-state index in [2.05, 4.69) is 15.2 Å². The molecule has 2 heterocycles. The lowest BCUT2D eigenvalue weighted by Crippen LogP contribution is -2.30. The normalized spacial score (nSPS) is 14.2. The number of carbonyl (C=O) groups is 1. The summed E-state index contributed by atoms with van der Waals surface area (Å²) in [5.41, 5.74) is 3.23. The van der Waals surface area contributed by atoms with E-state index in [1.54, 1.807) is 16.8 Å². The van der Waals surface area contributed by atoms with Crippen LogP contribution in [0.3, 0.4) is 0 Å². The fourth-order valence-electron chi connectivity index (χ4n) is 2.73. The van der Waals surface area contributed by atoms with Crippen LogP contribution in [0.5, 0.6) is 0 Å². The molecule has 20 heavy (non-hydrogen) atoms. The Morgan fingerprint density at radius 3 is 3.00 bits per heavy atom. The molecule has 1 aromatic heterocycles. The van der Waals surface area contributed by atoms with Gasteiger partial charge in [0.1, 0.15) is 5.69 Å². The molecular formula is C14H16N4O2. The highest BCUT2D eigenvalue weighted by molar-refractivity contribution is 5.91. The van der Waals surface area contributed by atoms with Gasteiger partial charge in [-0.2, -0.15) is 0 Å². The van der Waals surface area contributed by atoms with E-state index in [9.17, 15) is 9.90 Å². The fraction of sp³-hybridized carbons (Fsp3) is 0.357. The van der Waals surface area contributed by atoms with E-state index >= 15 is 0 Å². The van der Waals surface area contributed by atoms with Gasteiger partial charge in [-0.25, -0.2) is 4.79 Å². The van der Waals surface area contributed by atoms with Crippen molar-refractivity contribution >= 4 is 11.7 Å². The van der Waals surface area contributed by atoms with Gasteiger partial charge in [0.05, 0.1) is 12.1 Å². The maximum absolute atomic E-state index is 11.3. The minimum absolute atomic E-state index is 0.409. The smallest absolute Gasteiger partial charge is 0.336 e. The van der Waals surface area contributed by atoms with Crippen molar-refractivity contribution < 1.29 is 9.90 Å². The average Bonchev–Trinajstić information content (AvgIpc) is 2.84. The summed E-state index contributed by atoms with van der Waals surface area (Å²) in [7, 11) is 1.84. The van der Waals surface area contributed by atoms with Gasteiger partial charge < -0.3 is 10.0 Å². The third kappa shape index (κ3) is 2.24. The lowest BCUT2D eigenvalue weighted by Gasteiger charge is -2.31. The molecule has 2 aromatic rings. The highest BCUT2D eigenvalue weighted by Crippen LogP contribution is 2.30. The predicted molar refractivity (Wildman–Crippen MR) is 73.8 cm³/mol. The zero-order chi connectivity index (χ0) is 14.1. The van der Waals surface area contributed by atoms with Gasteiger partial charge in [-0.1, -0.05) is 11.3 Å². The molecule has 0 atom stereocenters. The first-order valence-corrected chi connectivity index (χ1v) is 6.60. The molecule has 1 aliphatic rings. The first-order valence-electron chi connectivity index (χ1n) is 6.60. The Morgan fingerprint density at radius 2 is 2.30 bits per heavy atom. The van der Waals surface area contributed by atoms with Crippen LogP contribution in [0.2, 0.25) is 0 Å². The molecule has 1 N–H and O–H groups in total. The highest BCUT2D eigenvalue weighted by Gasteiger charge is 2.22. The standard InChI is InChI=1S/C14H16N4O2/c1-17-8-10(15-16-17)9-18-7-3-5-11-12(14(19)20)4-2-6-13(11)18/h2,4,6,8H,3,5,7,9H2,1H3,(H,19,20). The zero-order valence-corrected chi connectivity index (χ0v) is 11.3. The Hall–Kier alpha value is -2.37. The molecular weight excluding hydrogens is 256 g/mol. The molecule has 0 aliphatic carbocycles. The SMILES string of the molecule is Cn1cc(CN2CCCc3c(C(=O)O)cccc32)nn1. The fourth-order valence-corrected chi connectivity index (χ4v) is 2.73. The number of aromatic nitrogens is 3. The minimum atomic E-state index is -0.858. The van der Waals surface area contributed by atoms with Crippen molar-refractivity contribution in [2.24, 2.45) is 7.05 Å². The van der Waals surface area contributed by atoms with Crippen molar-refractivity contribution in [2.45, 2.75) is 19.4 Å². The minimum Gasteiger partial charge on any atom is -0.478 e. The number of rotatable bonds is 3. The topological polar surface area (TPSA) is 71.2 Å². The maximum Gasteiger partial charge on any atom is 0.336 e. The van der Waals surface area contributed by atoms with Crippen LogP contribution in [0, 0.1) is 0 Å². The van der Waals surface area contributed by atoms with Gasteiger partial charge in [0.25, 0.3) is 0 Å². The zero-order valence-electron chi connectivity index (χ0n) is 11.3. The first-order chi connectivity index (χ1) is 9.65. The number of fused-ring (bicyclic) bond motifs is 1. The van der Waals surface area contributed by atoms with Gasteiger partial charge in [0, 0.05) is 25.5 Å². The van der Waals surface area contributed by atoms with Crippen molar-refractivity contribution in [1.29, 1.82) is 0 Å². The van der Waals surface area contributed by atoms with Crippen LogP contribution in [0.25, 0.3) is 0 Å². The van der Waals surface area contributed by atoms with E-state index in [0.29, 0.717) is 12.1 Å². The monoisotopic (exact) mass is 272 g/mol. The number of carboxylic acid groups (broad SMARTS) is 1. The first kappa shape index (κ1) is 12.7. The van der Waals surface area contributed by atoms with Gasteiger partial charge in [0.15, 0.2) is 0 Å². The van der Waals surface area contributed by atoms with Gasteiger partial charge >= 0.3 is 5.97 Å². The summed E-state index contributed by atoms with van der Waals surface area (Å²) in [4.78, 5) is 13.5. The summed E-state index contributed by atoms with van der Waals surface area (Å²) in [6, 6.07) is 5.46. The lowest BCUT2D eigenvalue weighted by atomic mass is 9.96. The van der Waals surface area contributed by atoms with E-state index in [1.165, 1.54) is 0 Å². The van der Waals surface area contributed by atoms with Crippen molar-refractivity contribution in [3.63, 3.8) is 0 Å². The Balaban J connectivity index is 1.94. The molecule has 0 bridgehead atoms. The van der Waals surface area contributed by atoms with Crippen LogP contribution in [0.1, 0.15) is 28.0 Å². The van der Waals surface area contributed by atoms with Crippen molar-refractivity contribution in [1.82, 2.24) is 15.0 Å². The van der Waals surface area contributed by atoms with Crippen molar-refractivity contribution in [2.75, 3.05) is 11.4 Å². The van der Waals surface area contributed by atoms with Gasteiger partial charge in [-0.15, -0.1) is 5.10 Å². The number of hydrogen-bond donors (Lipinski definition) is 1. The number of aromatic carboxylic acids is 1. The summed E-state index contributed by atoms with van der Waals surface area (Å²) >= 11 is 0. The maximum atomic E-state index is 11.3. The molecule has 6 heteroatoms. The number of hydrogen-bond acceptors (Lipinski definition) is 4. The Labute approximate surface area is 116 Å². The van der Waals surface area contributed by atoms with Crippen LogP contribution in [0.15, 0.2) is 24.4 Å². The number of carboxylic acids is 1. The third-order valence-electron chi connectivity index (χ3n) is 3.58. The van der Waals surface area contributed by atoms with Crippen molar-refractivity contribution in [3.8, 4) is 0 Å². The second-order valence-corrected chi connectivity index (χ2v) is 5.02. The van der Waals surface area contributed by atoms with E-state index in [1.807, 2.05) is 19.3 Å². The molecule has 0 amide bonds. The summed E-state index contributed by atoms with van der Waals surface area (Å²) in [5, 5.41) is 17.3. The summed E-state index contributed by atoms with van der Waals surface area (Å²) < 4.78 is 1.67. The summed E-state index contributed by atoms with van der Waals surface area (Å²) in [6.07, 6.45) is 3.65. The summed E-state index contributed by atoms with van der Waals surface area (Å²) in [6.45, 7) is 1.57. The van der Waals surface area contributed by atoms with Crippen LogP contribution in [-0.2, 0) is 20.0 Å². The molecule has 104 valence electrons. The molecule has 0 spiro atoms. The highest BCUT2D eigenvalue weighted by atomic mass is 16.4. The van der Waals surface area contributed by atoms with Crippen molar-refractivity contribution in [3.05, 3.63) is 41.2 Å². The number of benzene rings is 1. The molecule has 6 nitrogen and oxygen atoms in total. The van der Waals surface area contributed by atoms with E-state index in [-0.39, 0.29) is 0 Å². The Kier molecular flexibility index (Phi) is 3.14. The number of aryl methyl sites for hydroxylation is 1. The largest absolute Gasteiger partial charge is 0.478 e. The molecule has 0 unspecified atom stereocenters. The van der Waals surface area contributed by atoms with Crippen LogP contribution in [0.4, 0.5) is 5.69 Å². The molecule has 0 saturated carbocycles.